The van der Waals surface area contributed by atoms with Crippen LogP contribution in [-0.4, -0.2) is 73.6 Å². The normalized spacial score (nSPS) is 25.1. The van der Waals surface area contributed by atoms with Crippen molar-refractivity contribution in [3.63, 3.8) is 0 Å². The number of H-pyrrole nitrogens is 1. The summed E-state index contributed by atoms with van der Waals surface area (Å²) in [6.45, 7) is 5.39. The van der Waals surface area contributed by atoms with Crippen LogP contribution in [0.4, 0.5) is 0 Å². The number of carbonyl (C=O) groups is 1. The number of piperidine rings is 1. The molecule has 0 radical (unpaired) electrons. The third kappa shape index (κ3) is 4.40. The van der Waals surface area contributed by atoms with Crippen LogP contribution in [0.5, 0.6) is 0 Å². The first-order valence-corrected chi connectivity index (χ1v) is 9.70. The average molecular weight is 377 g/mol. The fourth-order valence-corrected chi connectivity index (χ4v) is 3.89. The summed E-state index contributed by atoms with van der Waals surface area (Å²) in [7, 11) is 0. The van der Waals surface area contributed by atoms with Crippen molar-refractivity contribution in [2.75, 3.05) is 46.1 Å². The van der Waals surface area contributed by atoms with Gasteiger partial charge in [-0.05, 0) is 31.4 Å². The Hall–Kier alpha value is -1.74. The summed E-state index contributed by atoms with van der Waals surface area (Å²) in [4.78, 5) is 29.8. The number of likely N-dealkylation sites (tertiary alicyclic amines) is 1. The molecule has 0 aliphatic carbocycles. The zero-order chi connectivity index (χ0) is 18.7. The van der Waals surface area contributed by atoms with Gasteiger partial charge in [0.05, 0.1) is 38.1 Å². The molecular formula is C19H27N3O5. The van der Waals surface area contributed by atoms with Crippen molar-refractivity contribution in [2.45, 2.75) is 37.5 Å². The van der Waals surface area contributed by atoms with Gasteiger partial charge in [-0.3, -0.25) is 14.5 Å². The van der Waals surface area contributed by atoms with Crippen molar-refractivity contribution in [3.8, 4) is 0 Å². The smallest absolute Gasteiger partial charge is 0.261 e. The van der Waals surface area contributed by atoms with Gasteiger partial charge in [-0.15, -0.1) is 0 Å². The summed E-state index contributed by atoms with van der Waals surface area (Å²) in [6.07, 6.45) is 3.09. The Labute approximate surface area is 158 Å². The number of pyridine rings is 1. The third-order valence-corrected chi connectivity index (χ3v) is 5.72. The van der Waals surface area contributed by atoms with Gasteiger partial charge in [-0.2, -0.15) is 0 Å². The summed E-state index contributed by atoms with van der Waals surface area (Å²) in [5.41, 5.74) is 0.711. The third-order valence-electron chi connectivity index (χ3n) is 5.72. The van der Waals surface area contributed by atoms with Gasteiger partial charge in [-0.1, -0.05) is 0 Å². The molecule has 0 unspecified atom stereocenters. The van der Waals surface area contributed by atoms with Crippen molar-refractivity contribution in [1.82, 2.24) is 15.2 Å². The van der Waals surface area contributed by atoms with Crippen LogP contribution >= 0.6 is 0 Å². The Kier molecular flexibility index (Phi) is 5.58. The molecule has 0 saturated carbocycles. The van der Waals surface area contributed by atoms with Crippen LogP contribution in [0.15, 0.2) is 16.9 Å². The summed E-state index contributed by atoms with van der Waals surface area (Å²) < 4.78 is 16.5. The van der Waals surface area contributed by atoms with Crippen LogP contribution in [-0.2, 0) is 20.8 Å². The molecule has 8 heteroatoms. The zero-order valence-corrected chi connectivity index (χ0v) is 15.5. The molecule has 1 aromatic heterocycles. The van der Waals surface area contributed by atoms with Crippen LogP contribution in [0.1, 0.15) is 35.3 Å². The molecular weight excluding hydrogens is 350 g/mol. The number of amides is 1. The minimum atomic E-state index is -0.390. The molecule has 1 aromatic rings. The van der Waals surface area contributed by atoms with E-state index < -0.39 is 0 Å². The average Bonchev–Trinajstić information content (AvgIpc) is 2.66. The van der Waals surface area contributed by atoms with Crippen molar-refractivity contribution in [2.24, 2.45) is 0 Å². The van der Waals surface area contributed by atoms with Gasteiger partial charge in [0.2, 0.25) is 0 Å². The first-order chi connectivity index (χ1) is 13.1. The van der Waals surface area contributed by atoms with Gasteiger partial charge in [0, 0.05) is 31.9 Å². The molecule has 148 valence electrons. The SMILES string of the molecule is O=C(NC[C@H]1COCCO1)c1ccc(CN2CCC3(CCO3)CC2)[nH]c1=O. The predicted octanol–water partition coefficient (Wildman–Crippen LogP) is 0.275. The molecule has 2 N–H and O–H groups in total. The highest BCUT2D eigenvalue weighted by Crippen LogP contribution is 2.36. The lowest BCUT2D eigenvalue weighted by molar-refractivity contribution is -0.173. The predicted molar refractivity (Wildman–Crippen MR) is 97.8 cm³/mol. The molecule has 1 amide bonds. The highest BCUT2D eigenvalue weighted by atomic mass is 16.6. The fourth-order valence-electron chi connectivity index (χ4n) is 3.89. The largest absolute Gasteiger partial charge is 0.376 e. The minimum Gasteiger partial charge on any atom is -0.376 e. The molecule has 3 saturated heterocycles. The molecule has 4 heterocycles. The number of nitrogens with one attached hydrogen (secondary N) is 2. The number of aromatic amines is 1. The van der Waals surface area contributed by atoms with Crippen LogP contribution in [0, 0.1) is 0 Å². The number of hydrogen-bond donors (Lipinski definition) is 2. The highest BCUT2D eigenvalue weighted by molar-refractivity contribution is 5.93. The number of hydrogen-bond acceptors (Lipinski definition) is 6. The Morgan fingerprint density at radius 2 is 2.04 bits per heavy atom. The standard InChI is InChI=1S/C19H27N3O5/c23-17(20-11-15-13-25-9-10-26-15)16-2-1-14(21-18(16)24)12-22-6-3-19(4-7-22)5-8-27-19/h1-2,15H,3-13H2,(H,20,23)(H,21,24)/t15-/m0/s1. The van der Waals surface area contributed by atoms with E-state index in [0.717, 1.165) is 38.2 Å². The number of nitrogens with zero attached hydrogens (tertiary/aromatic N) is 1. The Balaban J connectivity index is 1.29. The quantitative estimate of drug-likeness (QED) is 0.766. The van der Waals surface area contributed by atoms with Crippen molar-refractivity contribution >= 4 is 5.91 Å². The maximum atomic E-state index is 12.3. The topological polar surface area (TPSA) is 92.9 Å². The van der Waals surface area contributed by atoms with Crippen LogP contribution in [0.3, 0.4) is 0 Å². The summed E-state index contributed by atoms with van der Waals surface area (Å²) in [5.74, 6) is -0.390. The van der Waals surface area contributed by atoms with E-state index in [1.807, 2.05) is 6.07 Å². The Bertz CT molecular complexity index is 714. The first-order valence-electron chi connectivity index (χ1n) is 9.70. The van der Waals surface area contributed by atoms with Gasteiger partial charge in [-0.25, -0.2) is 0 Å². The van der Waals surface area contributed by atoms with E-state index in [1.165, 1.54) is 6.42 Å². The Morgan fingerprint density at radius 1 is 1.22 bits per heavy atom. The molecule has 1 spiro atoms. The van der Waals surface area contributed by atoms with Crippen LogP contribution in [0.2, 0.25) is 0 Å². The van der Waals surface area contributed by atoms with E-state index in [-0.39, 0.29) is 28.7 Å². The first kappa shape index (κ1) is 18.6. The lowest BCUT2D eigenvalue weighted by Gasteiger charge is -2.47. The molecule has 4 rings (SSSR count). The van der Waals surface area contributed by atoms with E-state index in [4.69, 9.17) is 14.2 Å². The summed E-state index contributed by atoms with van der Waals surface area (Å²) in [6, 6.07) is 3.42. The molecule has 3 fully saturated rings. The van der Waals surface area contributed by atoms with Gasteiger partial charge >= 0.3 is 0 Å². The second kappa shape index (κ2) is 8.10. The van der Waals surface area contributed by atoms with Crippen molar-refractivity contribution in [1.29, 1.82) is 0 Å². The van der Waals surface area contributed by atoms with Gasteiger partial charge in [0.15, 0.2) is 0 Å². The highest BCUT2D eigenvalue weighted by Gasteiger charge is 2.40. The molecule has 27 heavy (non-hydrogen) atoms. The van der Waals surface area contributed by atoms with E-state index in [0.29, 0.717) is 32.9 Å². The molecule has 0 aromatic carbocycles. The maximum absolute atomic E-state index is 12.3. The maximum Gasteiger partial charge on any atom is 0.261 e. The van der Waals surface area contributed by atoms with E-state index in [2.05, 4.69) is 15.2 Å². The fraction of sp³-hybridized carbons (Fsp3) is 0.684. The van der Waals surface area contributed by atoms with Crippen molar-refractivity contribution < 1.29 is 19.0 Å². The van der Waals surface area contributed by atoms with Crippen LogP contribution in [0.25, 0.3) is 0 Å². The van der Waals surface area contributed by atoms with Gasteiger partial charge < -0.3 is 24.5 Å². The Morgan fingerprint density at radius 3 is 2.67 bits per heavy atom. The van der Waals surface area contributed by atoms with Gasteiger partial charge in [0.25, 0.3) is 11.5 Å². The number of aromatic nitrogens is 1. The molecule has 0 bridgehead atoms. The summed E-state index contributed by atoms with van der Waals surface area (Å²) in [5, 5.41) is 2.74. The van der Waals surface area contributed by atoms with E-state index in [1.54, 1.807) is 6.07 Å². The summed E-state index contributed by atoms with van der Waals surface area (Å²) >= 11 is 0. The molecule has 1 atom stereocenters. The number of carbonyl (C=O) groups excluding carboxylic acids is 1. The molecule has 3 aliphatic heterocycles. The van der Waals surface area contributed by atoms with Crippen LogP contribution < -0.4 is 10.9 Å². The second-order valence-corrected chi connectivity index (χ2v) is 7.56. The zero-order valence-electron chi connectivity index (χ0n) is 15.5. The molecule has 3 aliphatic rings. The number of rotatable bonds is 5. The second-order valence-electron chi connectivity index (χ2n) is 7.56. The lowest BCUT2D eigenvalue weighted by atomic mass is 9.84. The van der Waals surface area contributed by atoms with E-state index >= 15 is 0 Å². The van der Waals surface area contributed by atoms with Gasteiger partial charge in [0.1, 0.15) is 5.56 Å². The van der Waals surface area contributed by atoms with E-state index in [9.17, 15) is 9.59 Å². The molecule has 8 nitrogen and oxygen atoms in total. The number of ether oxygens (including phenoxy) is 3. The van der Waals surface area contributed by atoms with Crippen molar-refractivity contribution in [3.05, 3.63) is 33.7 Å². The monoisotopic (exact) mass is 377 g/mol. The lowest BCUT2D eigenvalue weighted by Crippen LogP contribution is -2.52. The minimum absolute atomic E-state index is 0.121.